The molecule has 0 saturated heterocycles. The number of amides is 1. The van der Waals surface area contributed by atoms with Gasteiger partial charge in [-0.1, -0.05) is 19.8 Å². The molecule has 1 N–H and O–H groups in total. The Kier molecular flexibility index (Phi) is 11.3. The minimum absolute atomic E-state index is 0.436. The number of aliphatic hydroxyl groups excluding tert-OH is 1. The molecule has 1 unspecified atom stereocenters. The minimum Gasteiger partial charge on any atom is -0.380 e. The van der Waals surface area contributed by atoms with Crippen LogP contribution in [0.2, 0.25) is 0 Å². The molecule has 3 nitrogen and oxygen atoms in total. The van der Waals surface area contributed by atoms with Crippen molar-refractivity contribution in [2.24, 2.45) is 0 Å². The zero-order chi connectivity index (χ0) is 9.98. The standard InChI is InChI=1S/C7H11NO2.C2H6/c1-3-7(10)4-5-8(2)6-9;1-2/h1,6-7,10H,4-5H2,2H3;1-2H3. The molecule has 0 aliphatic carbocycles. The summed E-state index contributed by atoms with van der Waals surface area (Å²) in [5.74, 6) is 2.16. The molecule has 1 atom stereocenters. The van der Waals surface area contributed by atoms with Crippen molar-refractivity contribution in [1.82, 2.24) is 4.90 Å². The molecule has 0 rings (SSSR count). The number of rotatable bonds is 4. The van der Waals surface area contributed by atoms with E-state index < -0.39 is 6.10 Å². The highest BCUT2D eigenvalue weighted by molar-refractivity contribution is 5.46. The van der Waals surface area contributed by atoms with Gasteiger partial charge in [0, 0.05) is 20.0 Å². The highest BCUT2D eigenvalue weighted by atomic mass is 16.3. The molecule has 0 radical (unpaired) electrons. The van der Waals surface area contributed by atoms with Crippen LogP contribution in [0.5, 0.6) is 0 Å². The van der Waals surface area contributed by atoms with Gasteiger partial charge in [-0.2, -0.15) is 0 Å². The van der Waals surface area contributed by atoms with Crippen molar-refractivity contribution in [2.75, 3.05) is 13.6 Å². The van der Waals surface area contributed by atoms with Crippen LogP contribution in [0.4, 0.5) is 0 Å². The second-order valence-corrected chi connectivity index (χ2v) is 2.06. The van der Waals surface area contributed by atoms with Gasteiger partial charge in [-0.25, -0.2) is 0 Å². The number of aliphatic hydroxyl groups is 1. The minimum atomic E-state index is -0.734. The number of hydrogen-bond acceptors (Lipinski definition) is 2. The van der Waals surface area contributed by atoms with Gasteiger partial charge in [0.2, 0.25) is 6.41 Å². The normalized spacial score (nSPS) is 10.2. The smallest absolute Gasteiger partial charge is 0.209 e. The zero-order valence-corrected chi connectivity index (χ0v) is 7.95. The van der Waals surface area contributed by atoms with Crippen molar-refractivity contribution in [2.45, 2.75) is 26.4 Å². The second-order valence-electron chi connectivity index (χ2n) is 2.06. The predicted octanol–water partition coefficient (Wildman–Crippen LogP) is 0.485. The van der Waals surface area contributed by atoms with Crippen molar-refractivity contribution in [3.8, 4) is 12.3 Å². The van der Waals surface area contributed by atoms with Crippen molar-refractivity contribution in [3.05, 3.63) is 0 Å². The van der Waals surface area contributed by atoms with Gasteiger partial charge in [-0.05, 0) is 0 Å². The third-order valence-corrected chi connectivity index (χ3v) is 1.13. The number of terminal acetylenes is 1. The Labute approximate surface area is 74.4 Å². The monoisotopic (exact) mass is 171 g/mol. The van der Waals surface area contributed by atoms with Gasteiger partial charge < -0.3 is 10.0 Å². The van der Waals surface area contributed by atoms with Crippen molar-refractivity contribution in [3.63, 3.8) is 0 Å². The molecule has 0 aromatic carbocycles. The molecule has 12 heavy (non-hydrogen) atoms. The molecule has 0 fully saturated rings. The molecule has 0 spiro atoms. The Balaban J connectivity index is 0. The summed E-state index contributed by atoms with van der Waals surface area (Å²) in [4.78, 5) is 11.4. The fraction of sp³-hybridized carbons (Fsp3) is 0.667. The average molecular weight is 171 g/mol. The van der Waals surface area contributed by atoms with Gasteiger partial charge >= 0.3 is 0 Å². The molecule has 1 amide bonds. The lowest BCUT2D eigenvalue weighted by Gasteiger charge is -2.10. The second kappa shape index (κ2) is 9.99. The third-order valence-electron chi connectivity index (χ3n) is 1.13. The molecular formula is C9H17NO2. The molecule has 70 valence electrons. The Morgan fingerprint density at radius 3 is 2.50 bits per heavy atom. The highest BCUT2D eigenvalue weighted by Crippen LogP contribution is 1.89. The molecular weight excluding hydrogens is 154 g/mol. The number of nitrogens with zero attached hydrogens (tertiary/aromatic N) is 1. The van der Waals surface area contributed by atoms with Crippen LogP contribution in [0.15, 0.2) is 0 Å². The van der Waals surface area contributed by atoms with Crippen molar-refractivity contribution >= 4 is 6.41 Å². The van der Waals surface area contributed by atoms with E-state index in [0.717, 1.165) is 0 Å². The lowest BCUT2D eigenvalue weighted by Crippen LogP contribution is -2.21. The van der Waals surface area contributed by atoms with Gasteiger partial charge in [-0.15, -0.1) is 6.42 Å². The first-order chi connectivity index (χ1) is 5.70. The number of hydrogen-bond donors (Lipinski definition) is 1. The van der Waals surface area contributed by atoms with E-state index in [1.807, 2.05) is 13.8 Å². The summed E-state index contributed by atoms with van der Waals surface area (Å²) in [5.41, 5.74) is 0. The topological polar surface area (TPSA) is 40.5 Å². The Morgan fingerprint density at radius 2 is 2.17 bits per heavy atom. The molecule has 0 saturated carbocycles. The lowest BCUT2D eigenvalue weighted by atomic mass is 10.2. The maximum Gasteiger partial charge on any atom is 0.209 e. The van der Waals surface area contributed by atoms with Gasteiger partial charge in [0.25, 0.3) is 0 Å². The lowest BCUT2D eigenvalue weighted by molar-refractivity contribution is -0.117. The molecule has 0 bridgehead atoms. The van der Waals surface area contributed by atoms with E-state index in [4.69, 9.17) is 11.5 Å². The summed E-state index contributed by atoms with van der Waals surface area (Å²) < 4.78 is 0. The van der Waals surface area contributed by atoms with Crippen LogP contribution >= 0.6 is 0 Å². The van der Waals surface area contributed by atoms with Crippen LogP contribution in [0.25, 0.3) is 0 Å². The maximum absolute atomic E-state index is 10.00. The summed E-state index contributed by atoms with van der Waals surface area (Å²) in [7, 11) is 1.64. The molecule has 0 aromatic heterocycles. The predicted molar refractivity (Wildman–Crippen MR) is 49.5 cm³/mol. The summed E-state index contributed by atoms with van der Waals surface area (Å²) in [5, 5.41) is 8.82. The first-order valence-corrected chi connectivity index (χ1v) is 4.00. The van der Waals surface area contributed by atoms with Gasteiger partial charge in [0.1, 0.15) is 6.10 Å². The first kappa shape index (κ1) is 13.6. The average Bonchev–Trinajstić information content (AvgIpc) is 2.16. The summed E-state index contributed by atoms with van der Waals surface area (Å²) in [6, 6.07) is 0. The fourth-order valence-corrected chi connectivity index (χ4v) is 0.462. The van der Waals surface area contributed by atoms with E-state index in [1.54, 1.807) is 7.05 Å². The summed E-state index contributed by atoms with van der Waals surface area (Å²) >= 11 is 0. The van der Waals surface area contributed by atoms with Crippen LogP contribution in [0, 0.1) is 12.3 Å². The van der Waals surface area contributed by atoms with Crippen molar-refractivity contribution < 1.29 is 9.90 Å². The largest absolute Gasteiger partial charge is 0.380 e. The number of carbonyl (C=O) groups is 1. The van der Waals surface area contributed by atoms with Crippen molar-refractivity contribution in [1.29, 1.82) is 0 Å². The quantitative estimate of drug-likeness (QED) is 0.494. The van der Waals surface area contributed by atoms with E-state index >= 15 is 0 Å². The molecule has 3 heteroatoms. The molecule has 0 aromatic rings. The SMILES string of the molecule is C#CC(O)CCN(C)C=O.CC. The van der Waals surface area contributed by atoms with Crippen LogP contribution in [0.3, 0.4) is 0 Å². The highest BCUT2D eigenvalue weighted by Gasteiger charge is 1.99. The van der Waals surface area contributed by atoms with Crippen LogP contribution < -0.4 is 0 Å². The van der Waals surface area contributed by atoms with E-state index in [9.17, 15) is 4.79 Å². The Bertz CT molecular complexity index is 140. The van der Waals surface area contributed by atoms with Gasteiger partial charge in [0.15, 0.2) is 0 Å². The van der Waals surface area contributed by atoms with Gasteiger partial charge in [-0.3, -0.25) is 4.79 Å². The van der Waals surface area contributed by atoms with E-state index in [-0.39, 0.29) is 0 Å². The fourth-order valence-electron chi connectivity index (χ4n) is 0.462. The first-order valence-electron chi connectivity index (χ1n) is 4.00. The van der Waals surface area contributed by atoms with E-state index in [0.29, 0.717) is 19.4 Å². The van der Waals surface area contributed by atoms with Crippen LogP contribution in [0.1, 0.15) is 20.3 Å². The van der Waals surface area contributed by atoms with Crippen LogP contribution in [-0.2, 0) is 4.79 Å². The van der Waals surface area contributed by atoms with Gasteiger partial charge in [0.05, 0.1) is 0 Å². The summed E-state index contributed by atoms with van der Waals surface area (Å²) in [6.45, 7) is 4.49. The Hall–Kier alpha value is -1.01. The van der Waals surface area contributed by atoms with Crippen LogP contribution in [-0.4, -0.2) is 36.1 Å². The molecule has 0 aliphatic heterocycles. The number of carbonyl (C=O) groups excluding carboxylic acids is 1. The summed E-state index contributed by atoms with van der Waals surface area (Å²) in [6.07, 6.45) is 5.29. The molecule has 0 aliphatic rings. The maximum atomic E-state index is 10.00. The zero-order valence-electron chi connectivity index (χ0n) is 7.95. The van der Waals surface area contributed by atoms with E-state index in [2.05, 4.69) is 5.92 Å². The third kappa shape index (κ3) is 8.99. The Morgan fingerprint density at radius 1 is 1.67 bits per heavy atom. The van der Waals surface area contributed by atoms with E-state index in [1.165, 1.54) is 4.90 Å². The molecule has 0 heterocycles.